The number of nitrogens with one attached hydrogen (secondary N) is 1. The molecule has 4 aromatic rings. The number of hydrogen-bond donors (Lipinski definition) is 1. The molecule has 0 aliphatic carbocycles. The van der Waals surface area contributed by atoms with Gasteiger partial charge in [-0.2, -0.15) is 0 Å². The molecular formula is C32H29FN2O5. The normalized spacial score (nSPS) is 16.2. The Balaban J connectivity index is 1.64. The third kappa shape index (κ3) is 5.20. The zero-order chi connectivity index (χ0) is 28.2. The molecule has 5 rings (SSSR count). The SMILES string of the molecule is COc1ccc([C@@H]2[C@@H](C(=O)Nc3cc(OC)ccc3OC)c3ccccc3C(=O)N2Cc2ccc(F)cc2)cc1. The number of nitrogens with zero attached hydrogens (tertiary/aromatic N) is 1. The molecule has 8 heteroatoms. The quantitative estimate of drug-likeness (QED) is 0.298. The molecule has 1 aliphatic rings. The standard InChI is InChI=1S/C32H29FN2O5/c1-38-23-14-10-21(11-15-23)30-29(31(36)34-27-18-24(39-2)16-17-28(27)40-3)25-6-4-5-7-26(25)32(37)35(30)19-20-8-12-22(33)13-9-20/h4-18,29-30H,19H2,1-3H3,(H,34,36)/t29-,30+/m0/s1. The number of amides is 2. The third-order valence-corrected chi connectivity index (χ3v) is 7.11. The monoisotopic (exact) mass is 540 g/mol. The smallest absolute Gasteiger partial charge is 0.255 e. The second kappa shape index (κ2) is 11.5. The van der Waals surface area contributed by atoms with Crippen LogP contribution in [0.2, 0.25) is 0 Å². The van der Waals surface area contributed by atoms with E-state index in [1.54, 1.807) is 73.7 Å². The van der Waals surface area contributed by atoms with Gasteiger partial charge in [-0.1, -0.05) is 42.5 Å². The predicted molar refractivity (Wildman–Crippen MR) is 149 cm³/mol. The van der Waals surface area contributed by atoms with Crippen LogP contribution >= 0.6 is 0 Å². The van der Waals surface area contributed by atoms with Crippen LogP contribution in [-0.4, -0.2) is 38.0 Å². The second-order valence-electron chi connectivity index (χ2n) is 9.40. The predicted octanol–water partition coefficient (Wildman–Crippen LogP) is 5.97. The van der Waals surface area contributed by atoms with E-state index in [4.69, 9.17) is 14.2 Å². The molecule has 0 bridgehead atoms. The minimum absolute atomic E-state index is 0.177. The van der Waals surface area contributed by atoms with Crippen LogP contribution in [0.3, 0.4) is 0 Å². The van der Waals surface area contributed by atoms with Crippen LogP contribution in [0, 0.1) is 5.82 Å². The first-order chi connectivity index (χ1) is 19.4. The number of rotatable bonds is 8. The van der Waals surface area contributed by atoms with E-state index in [9.17, 15) is 14.0 Å². The highest BCUT2D eigenvalue weighted by molar-refractivity contribution is 6.05. The average Bonchev–Trinajstić information content (AvgIpc) is 2.99. The lowest BCUT2D eigenvalue weighted by atomic mass is 9.79. The molecule has 0 spiro atoms. The maximum atomic E-state index is 14.2. The number of carbonyl (C=O) groups is 2. The van der Waals surface area contributed by atoms with Gasteiger partial charge in [0.1, 0.15) is 23.1 Å². The van der Waals surface area contributed by atoms with Crippen LogP contribution in [0.5, 0.6) is 17.2 Å². The van der Waals surface area contributed by atoms with Crippen molar-refractivity contribution in [3.05, 3.63) is 119 Å². The fourth-order valence-electron chi connectivity index (χ4n) is 5.13. The Labute approximate surface area is 232 Å². The molecule has 0 saturated carbocycles. The van der Waals surface area contributed by atoms with Crippen LogP contribution in [0.4, 0.5) is 10.1 Å². The summed E-state index contributed by atoms with van der Waals surface area (Å²) < 4.78 is 29.9. The van der Waals surface area contributed by atoms with E-state index in [-0.39, 0.29) is 24.2 Å². The largest absolute Gasteiger partial charge is 0.497 e. The molecule has 2 amide bonds. The van der Waals surface area contributed by atoms with Crippen molar-refractivity contribution >= 4 is 17.5 Å². The van der Waals surface area contributed by atoms with Crippen molar-refractivity contribution in [2.45, 2.75) is 18.5 Å². The zero-order valence-corrected chi connectivity index (χ0v) is 22.4. The fraction of sp³-hybridized carbons (Fsp3) is 0.188. The van der Waals surface area contributed by atoms with E-state index in [1.807, 2.05) is 24.3 Å². The Bertz CT molecular complexity index is 1520. The number of hydrogen-bond acceptors (Lipinski definition) is 5. The van der Waals surface area contributed by atoms with Crippen LogP contribution < -0.4 is 19.5 Å². The summed E-state index contributed by atoms with van der Waals surface area (Å²) >= 11 is 0. The molecule has 0 unspecified atom stereocenters. The molecule has 0 radical (unpaired) electrons. The minimum Gasteiger partial charge on any atom is -0.497 e. The topological polar surface area (TPSA) is 77.1 Å². The highest BCUT2D eigenvalue weighted by Gasteiger charge is 2.44. The first kappa shape index (κ1) is 26.7. The van der Waals surface area contributed by atoms with Gasteiger partial charge in [0.15, 0.2) is 0 Å². The van der Waals surface area contributed by atoms with E-state index in [0.29, 0.717) is 34.1 Å². The molecule has 0 fully saturated rings. The van der Waals surface area contributed by atoms with Gasteiger partial charge < -0.3 is 24.4 Å². The molecule has 1 aliphatic heterocycles. The van der Waals surface area contributed by atoms with Gasteiger partial charge in [0.05, 0.1) is 39.0 Å². The summed E-state index contributed by atoms with van der Waals surface area (Å²) in [6.07, 6.45) is 0. The first-order valence-corrected chi connectivity index (χ1v) is 12.7. The summed E-state index contributed by atoms with van der Waals surface area (Å²) in [6.45, 7) is 0.177. The molecule has 0 aromatic heterocycles. The second-order valence-corrected chi connectivity index (χ2v) is 9.40. The summed E-state index contributed by atoms with van der Waals surface area (Å²) in [7, 11) is 4.65. The van der Waals surface area contributed by atoms with Crippen molar-refractivity contribution in [3.8, 4) is 17.2 Å². The van der Waals surface area contributed by atoms with Crippen LogP contribution in [0.25, 0.3) is 0 Å². The molecular weight excluding hydrogens is 511 g/mol. The van der Waals surface area contributed by atoms with E-state index < -0.39 is 12.0 Å². The number of methoxy groups -OCH3 is 3. The Morgan fingerprint density at radius 1 is 0.850 bits per heavy atom. The molecule has 4 aromatic carbocycles. The molecule has 2 atom stereocenters. The molecule has 0 saturated heterocycles. The lowest BCUT2D eigenvalue weighted by Gasteiger charge is -2.42. The van der Waals surface area contributed by atoms with E-state index in [0.717, 1.165) is 11.1 Å². The van der Waals surface area contributed by atoms with Crippen LogP contribution in [0.1, 0.15) is 39.0 Å². The molecule has 7 nitrogen and oxygen atoms in total. The Kier molecular flexibility index (Phi) is 7.68. The van der Waals surface area contributed by atoms with Crippen molar-refractivity contribution in [1.29, 1.82) is 0 Å². The fourth-order valence-corrected chi connectivity index (χ4v) is 5.13. The van der Waals surface area contributed by atoms with Crippen molar-refractivity contribution in [2.75, 3.05) is 26.6 Å². The lowest BCUT2D eigenvalue weighted by molar-refractivity contribution is -0.119. The van der Waals surface area contributed by atoms with Crippen molar-refractivity contribution in [1.82, 2.24) is 4.90 Å². The number of carbonyl (C=O) groups excluding carboxylic acids is 2. The van der Waals surface area contributed by atoms with E-state index in [1.165, 1.54) is 19.2 Å². The Morgan fingerprint density at radius 3 is 2.20 bits per heavy atom. The summed E-state index contributed by atoms with van der Waals surface area (Å²) in [4.78, 5) is 29.9. The summed E-state index contributed by atoms with van der Waals surface area (Å²) in [5, 5.41) is 3.02. The number of halogens is 1. The van der Waals surface area contributed by atoms with Gasteiger partial charge in [-0.25, -0.2) is 4.39 Å². The number of ether oxygens (including phenoxy) is 3. The van der Waals surface area contributed by atoms with Crippen LogP contribution in [-0.2, 0) is 11.3 Å². The molecule has 1 heterocycles. The zero-order valence-electron chi connectivity index (χ0n) is 22.4. The van der Waals surface area contributed by atoms with Gasteiger partial charge >= 0.3 is 0 Å². The van der Waals surface area contributed by atoms with Gasteiger partial charge in [-0.15, -0.1) is 0 Å². The Morgan fingerprint density at radius 2 is 1.52 bits per heavy atom. The maximum Gasteiger partial charge on any atom is 0.255 e. The Hall–Kier alpha value is -4.85. The maximum absolute atomic E-state index is 14.2. The molecule has 40 heavy (non-hydrogen) atoms. The summed E-state index contributed by atoms with van der Waals surface area (Å²) in [5.74, 6) is -0.00830. The highest BCUT2D eigenvalue weighted by atomic mass is 19.1. The van der Waals surface area contributed by atoms with Gasteiger partial charge in [0, 0.05) is 18.2 Å². The van der Waals surface area contributed by atoms with Crippen molar-refractivity contribution in [3.63, 3.8) is 0 Å². The highest BCUT2D eigenvalue weighted by Crippen LogP contribution is 2.45. The van der Waals surface area contributed by atoms with E-state index in [2.05, 4.69) is 5.32 Å². The third-order valence-electron chi connectivity index (χ3n) is 7.11. The first-order valence-electron chi connectivity index (χ1n) is 12.7. The minimum atomic E-state index is -0.779. The summed E-state index contributed by atoms with van der Waals surface area (Å²) in [6, 6.07) is 24.9. The van der Waals surface area contributed by atoms with E-state index >= 15 is 0 Å². The number of fused-ring (bicyclic) bond motifs is 1. The number of benzene rings is 4. The van der Waals surface area contributed by atoms with Gasteiger partial charge in [-0.05, 0) is 59.2 Å². The summed E-state index contributed by atoms with van der Waals surface area (Å²) in [5.41, 5.74) is 2.99. The van der Waals surface area contributed by atoms with Gasteiger partial charge in [-0.3, -0.25) is 9.59 Å². The molecule has 1 N–H and O–H groups in total. The number of anilines is 1. The lowest BCUT2D eigenvalue weighted by Crippen LogP contribution is -2.45. The molecule has 204 valence electrons. The van der Waals surface area contributed by atoms with Crippen molar-refractivity contribution < 1.29 is 28.2 Å². The van der Waals surface area contributed by atoms with Crippen LogP contribution in [0.15, 0.2) is 91.0 Å². The van der Waals surface area contributed by atoms with Gasteiger partial charge in [0.2, 0.25) is 5.91 Å². The average molecular weight is 541 g/mol. The van der Waals surface area contributed by atoms with Gasteiger partial charge in [0.25, 0.3) is 5.91 Å². The van der Waals surface area contributed by atoms with Crippen molar-refractivity contribution in [2.24, 2.45) is 0 Å².